The molecule has 0 radical (unpaired) electrons. The molecule has 0 atom stereocenters. The molecule has 1 aromatic rings. The minimum Gasteiger partial charge on any atom is -0.384 e. The minimum absolute atomic E-state index is 0.812. The predicted octanol–water partition coefficient (Wildman–Crippen LogP) is 2.70. The van der Waals surface area contributed by atoms with E-state index in [1.54, 1.807) is 18.4 Å². The number of halogens is 1. The van der Waals surface area contributed by atoms with Crippen LogP contribution in [0.25, 0.3) is 0 Å². The lowest BCUT2D eigenvalue weighted by Crippen LogP contribution is -1.90. The first-order valence-electron chi connectivity index (χ1n) is 3.06. The predicted molar refractivity (Wildman–Crippen MR) is 47.6 cm³/mol. The summed E-state index contributed by atoms with van der Waals surface area (Å²) in [5.74, 6) is 0. The SMILES string of the molecule is COCCc1ccc(Br)s1. The maximum atomic E-state index is 4.95. The van der Waals surface area contributed by atoms with Gasteiger partial charge in [-0.15, -0.1) is 11.3 Å². The Morgan fingerprint density at radius 1 is 1.60 bits per heavy atom. The molecule has 0 fully saturated rings. The van der Waals surface area contributed by atoms with Crippen molar-refractivity contribution in [1.29, 1.82) is 0 Å². The van der Waals surface area contributed by atoms with Crippen LogP contribution < -0.4 is 0 Å². The summed E-state index contributed by atoms with van der Waals surface area (Å²) in [7, 11) is 1.72. The van der Waals surface area contributed by atoms with Crippen LogP contribution in [0.3, 0.4) is 0 Å². The molecule has 1 heterocycles. The van der Waals surface area contributed by atoms with Crippen LogP contribution >= 0.6 is 27.3 Å². The lowest BCUT2D eigenvalue weighted by atomic mass is 10.4. The molecule has 0 aliphatic heterocycles. The molecule has 0 saturated heterocycles. The molecule has 1 nitrogen and oxygen atoms in total. The summed E-state index contributed by atoms with van der Waals surface area (Å²) >= 11 is 5.17. The van der Waals surface area contributed by atoms with Crippen LogP contribution in [0.5, 0.6) is 0 Å². The molecule has 0 amide bonds. The molecule has 56 valence electrons. The molecule has 1 rings (SSSR count). The van der Waals surface area contributed by atoms with Crippen molar-refractivity contribution in [3.63, 3.8) is 0 Å². The van der Waals surface area contributed by atoms with Crippen LogP contribution in [0, 0.1) is 0 Å². The van der Waals surface area contributed by atoms with Gasteiger partial charge >= 0.3 is 0 Å². The standard InChI is InChI=1S/C7H9BrOS/c1-9-5-4-6-2-3-7(8)10-6/h2-3H,4-5H2,1H3. The van der Waals surface area contributed by atoms with Crippen molar-refractivity contribution >= 4 is 27.3 Å². The third-order valence-electron chi connectivity index (χ3n) is 1.18. The van der Waals surface area contributed by atoms with E-state index in [0.29, 0.717) is 0 Å². The van der Waals surface area contributed by atoms with E-state index in [4.69, 9.17) is 4.74 Å². The van der Waals surface area contributed by atoms with E-state index in [-0.39, 0.29) is 0 Å². The van der Waals surface area contributed by atoms with Gasteiger partial charge in [-0.25, -0.2) is 0 Å². The molecular weight excluding hydrogens is 212 g/mol. The van der Waals surface area contributed by atoms with Crippen LogP contribution in [-0.2, 0) is 11.2 Å². The Morgan fingerprint density at radius 2 is 2.40 bits per heavy atom. The molecule has 0 spiro atoms. The Morgan fingerprint density at radius 3 is 2.90 bits per heavy atom. The van der Waals surface area contributed by atoms with E-state index < -0.39 is 0 Å². The molecule has 0 N–H and O–H groups in total. The lowest BCUT2D eigenvalue weighted by Gasteiger charge is -1.92. The van der Waals surface area contributed by atoms with Crippen LogP contribution in [0.2, 0.25) is 0 Å². The molecular formula is C7H9BrOS. The molecule has 10 heavy (non-hydrogen) atoms. The number of hydrogen-bond acceptors (Lipinski definition) is 2. The van der Waals surface area contributed by atoms with E-state index in [1.165, 1.54) is 8.66 Å². The highest BCUT2D eigenvalue weighted by Crippen LogP contribution is 2.22. The molecule has 1 aromatic heterocycles. The number of ether oxygens (including phenoxy) is 1. The van der Waals surface area contributed by atoms with E-state index in [9.17, 15) is 0 Å². The first kappa shape index (κ1) is 8.24. The Balaban J connectivity index is 2.42. The van der Waals surface area contributed by atoms with Gasteiger partial charge in [0.1, 0.15) is 0 Å². The average molecular weight is 221 g/mol. The van der Waals surface area contributed by atoms with Crippen LogP contribution in [0.4, 0.5) is 0 Å². The normalized spacial score (nSPS) is 10.2. The first-order chi connectivity index (χ1) is 4.83. The van der Waals surface area contributed by atoms with Crippen molar-refractivity contribution in [2.45, 2.75) is 6.42 Å². The molecule has 0 saturated carbocycles. The van der Waals surface area contributed by atoms with Gasteiger partial charge in [0.15, 0.2) is 0 Å². The smallest absolute Gasteiger partial charge is 0.0701 e. The van der Waals surface area contributed by atoms with E-state index >= 15 is 0 Å². The summed E-state index contributed by atoms with van der Waals surface area (Å²) in [6, 6.07) is 4.18. The Labute approximate surface area is 73.1 Å². The fraction of sp³-hybridized carbons (Fsp3) is 0.429. The third-order valence-corrected chi connectivity index (χ3v) is 2.86. The van der Waals surface area contributed by atoms with Gasteiger partial charge in [0.05, 0.1) is 10.4 Å². The zero-order valence-corrected chi connectivity index (χ0v) is 8.17. The minimum atomic E-state index is 0.812. The van der Waals surface area contributed by atoms with Gasteiger partial charge in [-0.2, -0.15) is 0 Å². The van der Waals surface area contributed by atoms with E-state index in [0.717, 1.165) is 13.0 Å². The van der Waals surface area contributed by atoms with Crippen LogP contribution in [-0.4, -0.2) is 13.7 Å². The fourth-order valence-electron chi connectivity index (χ4n) is 0.689. The molecule has 0 bridgehead atoms. The summed E-state index contributed by atoms with van der Waals surface area (Å²) < 4.78 is 6.14. The highest BCUT2D eigenvalue weighted by Gasteiger charge is 1.95. The van der Waals surface area contributed by atoms with Gasteiger partial charge in [0, 0.05) is 18.4 Å². The quantitative estimate of drug-likeness (QED) is 0.762. The highest BCUT2D eigenvalue weighted by molar-refractivity contribution is 9.11. The fourth-order valence-corrected chi connectivity index (χ4v) is 2.15. The molecule has 0 unspecified atom stereocenters. The summed E-state index contributed by atoms with van der Waals surface area (Å²) in [4.78, 5) is 1.37. The second-order valence-corrected chi connectivity index (χ2v) is 4.50. The number of methoxy groups -OCH3 is 1. The highest BCUT2D eigenvalue weighted by atomic mass is 79.9. The van der Waals surface area contributed by atoms with Crippen LogP contribution in [0.15, 0.2) is 15.9 Å². The second kappa shape index (κ2) is 4.11. The maximum absolute atomic E-state index is 4.95. The third kappa shape index (κ3) is 2.40. The van der Waals surface area contributed by atoms with Crippen molar-refractivity contribution in [2.75, 3.05) is 13.7 Å². The molecule has 0 aliphatic rings. The largest absolute Gasteiger partial charge is 0.384 e. The Hall–Kier alpha value is 0.140. The first-order valence-corrected chi connectivity index (χ1v) is 4.67. The Bertz CT molecular complexity index is 197. The maximum Gasteiger partial charge on any atom is 0.0701 e. The zero-order chi connectivity index (χ0) is 7.40. The topological polar surface area (TPSA) is 9.23 Å². The number of hydrogen-bond donors (Lipinski definition) is 0. The average Bonchev–Trinajstić information content (AvgIpc) is 2.31. The van der Waals surface area contributed by atoms with Gasteiger partial charge in [0.25, 0.3) is 0 Å². The van der Waals surface area contributed by atoms with Gasteiger partial charge < -0.3 is 4.74 Å². The van der Waals surface area contributed by atoms with Crippen molar-refractivity contribution in [1.82, 2.24) is 0 Å². The zero-order valence-electron chi connectivity index (χ0n) is 5.76. The summed E-state index contributed by atoms with van der Waals surface area (Å²) in [5, 5.41) is 0. The molecule has 0 aromatic carbocycles. The second-order valence-electron chi connectivity index (χ2n) is 1.95. The summed E-state index contributed by atoms with van der Waals surface area (Å²) in [6.45, 7) is 0.812. The van der Waals surface area contributed by atoms with Crippen LogP contribution in [0.1, 0.15) is 4.88 Å². The van der Waals surface area contributed by atoms with Crippen molar-refractivity contribution in [2.24, 2.45) is 0 Å². The Kier molecular flexibility index (Phi) is 3.39. The summed E-state index contributed by atoms with van der Waals surface area (Å²) in [5.41, 5.74) is 0. The summed E-state index contributed by atoms with van der Waals surface area (Å²) in [6.07, 6.45) is 1.02. The van der Waals surface area contributed by atoms with Crippen molar-refractivity contribution < 1.29 is 4.74 Å². The van der Waals surface area contributed by atoms with Crippen molar-refractivity contribution in [3.8, 4) is 0 Å². The van der Waals surface area contributed by atoms with Crippen molar-refractivity contribution in [3.05, 3.63) is 20.8 Å². The van der Waals surface area contributed by atoms with Gasteiger partial charge in [-0.05, 0) is 28.1 Å². The molecule has 3 heteroatoms. The van der Waals surface area contributed by atoms with E-state index in [1.807, 2.05) is 0 Å². The van der Waals surface area contributed by atoms with Gasteiger partial charge in [-0.1, -0.05) is 0 Å². The van der Waals surface area contributed by atoms with Gasteiger partial charge in [-0.3, -0.25) is 0 Å². The number of thiophene rings is 1. The number of rotatable bonds is 3. The monoisotopic (exact) mass is 220 g/mol. The molecule has 0 aliphatic carbocycles. The van der Waals surface area contributed by atoms with Gasteiger partial charge in [0.2, 0.25) is 0 Å². The lowest BCUT2D eigenvalue weighted by molar-refractivity contribution is 0.203. The van der Waals surface area contributed by atoms with E-state index in [2.05, 4.69) is 28.1 Å².